The van der Waals surface area contributed by atoms with Gasteiger partial charge in [0.2, 0.25) is 0 Å². The van der Waals surface area contributed by atoms with Crippen molar-refractivity contribution >= 4 is 5.69 Å². The minimum Gasteiger partial charge on any atom is -0.491 e. The molecule has 0 aliphatic rings. The summed E-state index contributed by atoms with van der Waals surface area (Å²) in [6.07, 6.45) is 16.4. The summed E-state index contributed by atoms with van der Waals surface area (Å²) in [6.45, 7) is 7.25. The van der Waals surface area contributed by atoms with Crippen LogP contribution in [0.2, 0.25) is 0 Å². The average Bonchev–Trinajstić information content (AvgIpc) is 2.58. The zero-order valence-electron chi connectivity index (χ0n) is 16.3. The Hall–Kier alpha value is -1.18. The number of hydrogen-bond acceptors (Lipinski definition) is 2. The van der Waals surface area contributed by atoms with Crippen LogP contribution in [0.25, 0.3) is 0 Å². The van der Waals surface area contributed by atoms with Crippen LogP contribution < -0.4 is 10.5 Å². The number of anilines is 1. The Balaban J connectivity index is 1.95. The van der Waals surface area contributed by atoms with Crippen LogP contribution in [-0.4, -0.2) is 6.61 Å². The first kappa shape index (κ1) is 20.9. The molecule has 1 rings (SSSR count). The van der Waals surface area contributed by atoms with Crippen molar-refractivity contribution in [1.29, 1.82) is 0 Å². The number of rotatable bonds is 14. The Morgan fingerprint density at radius 2 is 1.25 bits per heavy atom. The maximum Gasteiger partial charge on any atom is 0.145 e. The molecule has 0 radical (unpaired) electrons. The summed E-state index contributed by atoms with van der Waals surface area (Å²) in [5.41, 5.74) is 9.19. The van der Waals surface area contributed by atoms with Crippen LogP contribution in [0, 0.1) is 13.8 Å². The highest BCUT2D eigenvalue weighted by Crippen LogP contribution is 2.28. The maximum absolute atomic E-state index is 6.01. The molecule has 1 aromatic rings. The zero-order chi connectivity index (χ0) is 17.6. The van der Waals surface area contributed by atoms with Gasteiger partial charge in [-0.1, -0.05) is 83.6 Å². The Morgan fingerprint density at radius 1 is 0.750 bits per heavy atom. The van der Waals surface area contributed by atoms with Gasteiger partial charge in [-0.05, 0) is 37.5 Å². The minimum atomic E-state index is 0.761. The predicted molar refractivity (Wildman–Crippen MR) is 107 cm³/mol. The Kier molecular flexibility index (Phi) is 11.4. The molecule has 0 saturated heterocycles. The number of hydrogen-bond donors (Lipinski definition) is 1. The second-order valence-electron chi connectivity index (χ2n) is 7.16. The van der Waals surface area contributed by atoms with E-state index in [-0.39, 0.29) is 0 Å². The van der Waals surface area contributed by atoms with Gasteiger partial charge in [-0.25, -0.2) is 0 Å². The van der Waals surface area contributed by atoms with E-state index in [0.29, 0.717) is 0 Å². The molecule has 0 amide bonds. The third-order valence-electron chi connectivity index (χ3n) is 4.95. The van der Waals surface area contributed by atoms with Gasteiger partial charge in [0.25, 0.3) is 0 Å². The fourth-order valence-corrected chi connectivity index (χ4v) is 3.12. The van der Waals surface area contributed by atoms with E-state index >= 15 is 0 Å². The first-order valence-electron chi connectivity index (χ1n) is 10.1. The van der Waals surface area contributed by atoms with Gasteiger partial charge in [-0.3, -0.25) is 0 Å². The van der Waals surface area contributed by atoms with Crippen LogP contribution in [0.15, 0.2) is 12.1 Å². The molecular weight excluding hydrogens is 294 g/mol. The number of aryl methyl sites for hydroxylation is 1. The largest absolute Gasteiger partial charge is 0.491 e. The van der Waals surface area contributed by atoms with E-state index in [0.717, 1.165) is 24.5 Å². The molecule has 0 aliphatic heterocycles. The molecule has 1 aromatic carbocycles. The van der Waals surface area contributed by atoms with E-state index in [4.69, 9.17) is 10.5 Å². The van der Waals surface area contributed by atoms with Crippen molar-refractivity contribution in [2.45, 2.75) is 97.8 Å². The third-order valence-corrected chi connectivity index (χ3v) is 4.95. The number of nitrogen functional groups attached to an aromatic ring is 1. The van der Waals surface area contributed by atoms with Crippen LogP contribution in [-0.2, 0) is 0 Å². The van der Waals surface area contributed by atoms with Crippen molar-refractivity contribution in [1.82, 2.24) is 0 Å². The van der Waals surface area contributed by atoms with E-state index in [9.17, 15) is 0 Å². The molecular formula is C22H39NO. The highest BCUT2D eigenvalue weighted by atomic mass is 16.5. The molecule has 2 nitrogen and oxygen atoms in total. The van der Waals surface area contributed by atoms with Gasteiger partial charge in [0.1, 0.15) is 5.75 Å². The van der Waals surface area contributed by atoms with Crippen LogP contribution in [0.5, 0.6) is 5.75 Å². The number of benzene rings is 1. The molecule has 2 N–H and O–H groups in total. The molecule has 0 unspecified atom stereocenters. The summed E-state index contributed by atoms with van der Waals surface area (Å²) in [4.78, 5) is 0. The molecule has 0 heterocycles. The second kappa shape index (κ2) is 13.1. The van der Waals surface area contributed by atoms with Crippen molar-refractivity contribution in [3.8, 4) is 5.75 Å². The van der Waals surface area contributed by atoms with Crippen molar-refractivity contribution < 1.29 is 4.74 Å². The molecule has 138 valence electrons. The topological polar surface area (TPSA) is 35.2 Å². The summed E-state index contributed by atoms with van der Waals surface area (Å²) in [5.74, 6) is 0.887. The monoisotopic (exact) mass is 333 g/mol. The van der Waals surface area contributed by atoms with Crippen molar-refractivity contribution in [3.63, 3.8) is 0 Å². The molecule has 24 heavy (non-hydrogen) atoms. The lowest BCUT2D eigenvalue weighted by molar-refractivity contribution is 0.303. The van der Waals surface area contributed by atoms with E-state index < -0.39 is 0 Å². The van der Waals surface area contributed by atoms with Crippen LogP contribution in [0.1, 0.15) is 95.1 Å². The maximum atomic E-state index is 6.01. The molecule has 0 atom stereocenters. The normalized spacial score (nSPS) is 11.0. The van der Waals surface area contributed by atoms with Crippen molar-refractivity contribution in [2.24, 2.45) is 0 Å². The van der Waals surface area contributed by atoms with Crippen LogP contribution in [0.3, 0.4) is 0 Å². The van der Waals surface area contributed by atoms with Gasteiger partial charge < -0.3 is 10.5 Å². The summed E-state index contributed by atoms with van der Waals surface area (Å²) >= 11 is 0. The SMILES string of the molecule is CCCCCCCCCCCCCCOc1c(N)ccc(C)c1C. The van der Waals surface area contributed by atoms with Gasteiger partial charge in [0.15, 0.2) is 0 Å². The summed E-state index contributed by atoms with van der Waals surface area (Å²) < 4.78 is 5.92. The quantitative estimate of drug-likeness (QED) is 0.295. The minimum absolute atomic E-state index is 0.761. The lowest BCUT2D eigenvalue weighted by atomic mass is 10.1. The van der Waals surface area contributed by atoms with Gasteiger partial charge in [-0.2, -0.15) is 0 Å². The molecule has 0 saturated carbocycles. The first-order chi connectivity index (χ1) is 11.7. The third kappa shape index (κ3) is 8.61. The average molecular weight is 334 g/mol. The number of ether oxygens (including phenoxy) is 1. The van der Waals surface area contributed by atoms with Crippen molar-refractivity contribution in [2.75, 3.05) is 12.3 Å². The summed E-state index contributed by atoms with van der Waals surface area (Å²) in [5, 5.41) is 0. The Morgan fingerprint density at radius 3 is 1.79 bits per heavy atom. The van der Waals surface area contributed by atoms with Gasteiger partial charge in [0.05, 0.1) is 12.3 Å². The molecule has 0 spiro atoms. The fourth-order valence-electron chi connectivity index (χ4n) is 3.12. The molecule has 0 bridgehead atoms. The van der Waals surface area contributed by atoms with Gasteiger partial charge >= 0.3 is 0 Å². The number of unbranched alkanes of at least 4 members (excludes halogenated alkanes) is 11. The van der Waals surface area contributed by atoms with E-state index in [1.165, 1.54) is 81.8 Å². The molecule has 2 heteroatoms. The highest BCUT2D eigenvalue weighted by Gasteiger charge is 2.06. The Labute approximate surface area is 150 Å². The predicted octanol–water partition coefficient (Wildman–Crippen LogP) is 6.97. The molecule has 0 aliphatic carbocycles. The lowest BCUT2D eigenvalue weighted by Crippen LogP contribution is -2.03. The first-order valence-corrected chi connectivity index (χ1v) is 10.1. The van der Waals surface area contributed by atoms with Gasteiger partial charge in [-0.15, -0.1) is 0 Å². The van der Waals surface area contributed by atoms with E-state index in [1.54, 1.807) is 0 Å². The van der Waals surface area contributed by atoms with Crippen LogP contribution >= 0.6 is 0 Å². The summed E-state index contributed by atoms with van der Waals surface area (Å²) in [6, 6.07) is 4.00. The van der Waals surface area contributed by atoms with Crippen LogP contribution in [0.4, 0.5) is 5.69 Å². The fraction of sp³-hybridized carbons (Fsp3) is 0.727. The Bertz CT molecular complexity index is 442. The summed E-state index contributed by atoms with van der Waals surface area (Å²) in [7, 11) is 0. The molecule has 0 aromatic heterocycles. The van der Waals surface area contributed by atoms with E-state index in [2.05, 4.69) is 26.8 Å². The zero-order valence-corrected chi connectivity index (χ0v) is 16.3. The van der Waals surface area contributed by atoms with Crippen molar-refractivity contribution in [3.05, 3.63) is 23.3 Å². The van der Waals surface area contributed by atoms with Gasteiger partial charge in [0, 0.05) is 0 Å². The number of nitrogens with two attached hydrogens (primary N) is 1. The second-order valence-corrected chi connectivity index (χ2v) is 7.16. The standard InChI is InChI=1S/C22H39NO/c1-4-5-6-7-8-9-10-11-12-13-14-15-18-24-22-20(3)19(2)16-17-21(22)23/h16-17H,4-15,18,23H2,1-3H3. The molecule has 0 fully saturated rings. The lowest BCUT2D eigenvalue weighted by Gasteiger charge is -2.13. The van der Waals surface area contributed by atoms with E-state index in [1.807, 2.05) is 6.07 Å². The smallest absolute Gasteiger partial charge is 0.145 e. The highest BCUT2D eigenvalue weighted by molar-refractivity contribution is 5.58.